The second-order valence-corrected chi connectivity index (χ2v) is 7.13. The minimum Gasteiger partial charge on any atom is -0.489 e. The molecule has 3 rings (SSSR count). The molecule has 0 aliphatic heterocycles. The molecule has 142 valence electrons. The Balaban J connectivity index is 1.47. The molecule has 0 saturated heterocycles. The minimum absolute atomic E-state index is 0.0205. The van der Waals surface area contributed by atoms with E-state index < -0.39 is 0 Å². The van der Waals surface area contributed by atoms with Crippen LogP contribution in [0.2, 0.25) is 0 Å². The summed E-state index contributed by atoms with van der Waals surface area (Å²) in [6.07, 6.45) is 1.40. The average molecular weight is 366 g/mol. The molecule has 2 N–H and O–H groups in total. The maximum absolute atomic E-state index is 12.5. The summed E-state index contributed by atoms with van der Waals surface area (Å²) in [5.41, 5.74) is 1.83. The second-order valence-electron chi connectivity index (χ2n) is 7.13. The lowest BCUT2D eigenvalue weighted by Gasteiger charge is -2.14. The van der Waals surface area contributed by atoms with Crippen LogP contribution in [-0.2, 0) is 16.0 Å². The van der Waals surface area contributed by atoms with Crippen molar-refractivity contribution in [3.63, 3.8) is 0 Å². The van der Waals surface area contributed by atoms with E-state index in [9.17, 15) is 9.59 Å². The number of hydrogen-bond donors (Lipinski definition) is 2. The number of para-hydroxylation sites is 2. The first kappa shape index (κ1) is 19.0. The molecule has 2 aromatic carbocycles. The van der Waals surface area contributed by atoms with Gasteiger partial charge in [-0.05, 0) is 44.4 Å². The highest BCUT2D eigenvalue weighted by molar-refractivity contribution is 6.00. The summed E-state index contributed by atoms with van der Waals surface area (Å²) in [6, 6.07) is 17.4. The van der Waals surface area contributed by atoms with Gasteiger partial charge in [0, 0.05) is 6.54 Å². The Kier molecular flexibility index (Phi) is 6.12. The van der Waals surface area contributed by atoms with Crippen molar-refractivity contribution in [2.24, 2.45) is 11.8 Å². The fourth-order valence-corrected chi connectivity index (χ4v) is 3.03. The maximum Gasteiger partial charge on any atom is 0.228 e. The highest BCUT2D eigenvalue weighted by Crippen LogP contribution is 2.40. The van der Waals surface area contributed by atoms with Crippen molar-refractivity contribution in [3.05, 3.63) is 60.2 Å². The van der Waals surface area contributed by atoms with Crippen LogP contribution in [0.25, 0.3) is 0 Å². The van der Waals surface area contributed by atoms with E-state index in [1.165, 1.54) is 5.56 Å². The Morgan fingerprint density at radius 3 is 2.41 bits per heavy atom. The summed E-state index contributed by atoms with van der Waals surface area (Å²) in [4.78, 5) is 24.7. The van der Waals surface area contributed by atoms with Gasteiger partial charge >= 0.3 is 0 Å². The zero-order valence-corrected chi connectivity index (χ0v) is 15.8. The Hall–Kier alpha value is -2.82. The molecule has 0 bridgehead atoms. The molecule has 2 amide bonds. The van der Waals surface area contributed by atoms with Crippen molar-refractivity contribution in [1.29, 1.82) is 0 Å². The molecule has 0 spiro atoms. The Bertz CT molecular complexity index is 789. The standard InChI is InChI=1S/C22H26N2O3/c1-15(2)27-20-11-7-6-10-19(20)24-22(26)18-14-17(18)21(25)23-13-12-16-8-4-3-5-9-16/h3-11,15,17-18H,12-14H2,1-2H3,(H,23,25)(H,24,26). The van der Waals surface area contributed by atoms with E-state index in [4.69, 9.17) is 4.74 Å². The molecule has 2 unspecified atom stereocenters. The van der Waals surface area contributed by atoms with Crippen LogP contribution in [0.4, 0.5) is 5.69 Å². The molecule has 5 nitrogen and oxygen atoms in total. The van der Waals surface area contributed by atoms with Crippen LogP contribution < -0.4 is 15.4 Å². The van der Waals surface area contributed by atoms with Gasteiger partial charge in [0.1, 0.15) is 5.75 Å². The predicted molar refractivity (Wildman–Crippen MR) is 106 cm³/mol. The minimum atomic E-state index is -0.270. The largest absolute Gasteiger partial charge is 0.489 e. The molecule has 1 fully saturated rings. The van der Waals surface area contributed by atoms with Crippen molar-refractivity contribution >= 4 is 17.5 Å². The quantitative estimate of drug-likeness (QED) is 0.752. The molecule has 0 heterocycles. The third kappa shape index (κ3) is 5.33. The number of nitrogens with one attached hydrogen (secondary N) is 2. The number of carbonyl (C=O) groups is 2. The van der Waals surface area contributed by atoms with E-state index in [0.717, 1.165) is 6.42 Å². The van der Waals surface area contributed by atoms with E-state index >= 15 is 0 Å². The molecule has 5 heteroatoms. The number of carbonyl (C=O) groups excluding carboxylic acids is 2. The first-order chi connectivity index (χ1) is 13.0. The predicted octanol–water partition coefficient (Wildman–Crippen LogP) is 3.41. The molecule has 2 aromatic rings. The van der Waals surface area contributed by atoms with Crippen LogP contribution in [0, 0.1) is 11.8 Å². The third-order valence-corrected chi connectivity index (χ3v) is 4.53. The number of rotatable bonds is 8. The molecule has 1 aliphatic rings. The highest BCUT2D eigenvalue weighted by Gasteiger charge is 2.48. The number of ether oxygens (including phenoxy) is 1. The summed E-state index contributed by atoms with van der Waals surface area (Å²) in [6.45, 7) is 4.46. The van der Waals surface area contributed by atoms with Crippen molar-refractivity contribution in [2.75, 3.05) is 11.9 Å². The Labute approximate surface area is 160 Å². The number of benzene rings is 2. The van der Waals surface area contributed by atoms with Gasteiger partial charge in [0.2, 0.25) is 11.8 Å². The van der Waals surface area contributed by atoms with Gasteiger partial charge in [0.15, 0.2) is 0 Å². The van der Waals surface area contributed by atoms with Gasteiger partial charge in [-0.25, -0.2) is 0 Å². The van der Waals surface area contributed by atoms with Crippen LogP contribution in [0.1, 0.15) is 25.8 Å². The SMILES string of the molecule is CC(C)Oc1ccccc1NC(=O)C1CC1C(=O)NCCc1ccccc1. The van der Waals surface area contributed by atoms with Crippen molar-refractivity contribution < 1.29 is 14.3 Å². The van der Waals surface area contributed by atoms with Gasteiger partial charge in [-0.1, -0.05) is 42.5 Å². The summed E-state index contributed by atoms with van der Waals surface area (Å²) < 4.78 is 5.72. The van der Waals surface area contributed by atoms with E-state index in [2.05, 4.69) is 10.6 Å². The fraction of sp³-hybridized carbons (Fsp3) is 0.364. The summed E-state index contributed by atoms with van der Waals surface area (Å²) in [5.74, 6) is -0.0334. The summed E-state index contributed by atoms with van der Waals surface area (Å²) in [5, 5.41) is 5.84. The number of hydrogen-bond acceptors (Lipinski definition) is 3. The molecular formula is C22H26N2O3. The molecule has 0 radical (unpaired) electrons. The number of amides is 2. The van der Waals surface area contributed by atoms with Crippen LogP contribution in [0.15, 0.2) is 54.6 Å². The van der Waals surface area contributed by atoms with Gasteiger partial charge < -0.3 is 15.4 Å². The first-order valence-electron chi connectivity index (χ1n) is 9.43. The molecular weight excluding hydrogens is 340 g/mol. The van der Waals surface area contributed by atoms with E-state index in [1.54, 1.807) is 0 Å². The summed E-state index contributed by atoms with van der Waals surface area (Å²) >= 11 is 0. The fourth-order valence-electron chi connectivity index (χ4n) is 3.03. The molecule has 1 saturated carbocycles. The second kappa shape index (κ2) is 8.71. The maximum atomic E-state index is 12.5. The molecule has 0 aromatic heterocycles. The van der Waals surface area contributed by atoms with Crippen LogP contribution in [0.3, 0.4) is 0 Å². The Morgan fingerprint density at radius 2 is 1.67 bits per heavy atom. The average Bonchev–Trinajstić information content (AvgIpc) is 3.45. The van der Waals surface area contributed by atoms with Crippen molar-refractivity contribution in [1.82, 2.24) is 5.32 Å². The molecule has 1 aliphatic carbocycles. The summed E-state index contributed by atoms with van der Waals surface area (Å²) in [7, 11) is 0. The lowest BCUT2D eigenvalue weighted by Crippen LogP contribution is -2.29. The first-order valence-corrected chi connectivity index (χ1v) is 9.43. The van der Waals surface area contributed by atoms with E-state index in [-0.39, 0.29) is 29.8 Å². The lowest BCUT2D eigenvalue weighted by atomic mass is 10.1. The zero-order chi connectivity index (χ0) is 19.2. The van der Waals surface area contributed by atoms with Crippen molar-refractivity contribution in [3.8, 4) is 5.75 Å². The van der Waals surface area contributed by atoms with Crippen LogP contribution in [0.5, 0.6) is 5.75 Å². The van der Waals surface area contributed by atoms with Crippen LogP contribution >= 0.6 is 0 Å². The van der Waals surface area contributed by atoms with Gasteiger partial charge in [-0.2, -0.15) is 0 Å². The third-order valence-electron chi connectivity index (χ3n) is 4.53. The van der Waals surface area contributed by atoms with Gasteiger partial charge in [-0.3, -0.25) is 9.59 Å². The van der Waals surface area contributed by atoms with E-state index in [1.807, 2.05) is 68.4 Å². The van der Waals surface area contributed by atoms with Gasteiger partial charge in [-0.15, -0.1) is 0 Å². The monoisotopic (exact) mass is 366 g/mol. The smallest absolute Gasteiger partial charge is 0.228 e. The molecule has 27 heavy (non-hydrogen) atoms. The lowest BCUT2D eigenvalue weighted by molar-refractivity contribution is -0.125. The normalized spacial score (nSPS) is 18.0. The molecule has 2 atom stereocenters. The van der Waals surface area contributed by atoms with Gasteiger partial charge in [0.05, 0.1) is 23.6 Å². The Morgan fingerprint density at radius 1 is 1.00 bits per heavy atom. The van der Waals surface area contributed by atoms with Gasteiger partial charge in [0.25, 0.3) is 0 Å². The highest BCUT2D eigenvalue weighted by atomic mass is 16.5. The number of anilines is 1. The van der Waals surface area contributed by atoms with E-state index in [0.29, 0.717) is 24.4 Å². The zero-order valence-electron chi connectivity index (χ0n) is 15.8. The van der Waals surface area contributed by atoms with Crippen LogP contribution in [-0.4, -0.2) is 24.5 Å². The van der Waals surface area contributed by atoms with Crippen molar-refractivity contribution in [2.45, 2.75) is 32.8 Å². The topological polar surface area (TPSA) is 67.4 Å².